The number of amides is 2. The Hall–Kier alpha value is -2.36. The average Bonchev–Trinajstić information content (AvgIpc) is 2.46. The van der Waals surface area contributed by atoms with Crippen molar-refractivity contribution in [3.63, 3.8) is 0 Å². The lowest BCUT2D eigenvalue weighted by Gasteiger charge is -2.25. The largest absolute Gasteiger partial charge is 0.337 e. The molecule has 0 saturated heterocycles. The highest BCUT2D eigenvalue weighted by Crippen LogP contribution is 2.21. The van der Waals surface area contributed by atoms with Gasteiger partial charge in [0.15, 0.2) is 0 Å². The third-order valence-electron chi connectivity index (χ3n) is 3.33. The highest BCUT2D eigenvalue weighted by atomic mass is 19.1. The van der Waals surface area contributed by atoms with Gasteiger partial charge in [0.05, 0.1) is 0 Å². The zero-order chi connectivity index (χ0) is 15.3. The van der Waals surface area contributed by atoms with Gasteiger partial charge in [-0.05, 0) is 23.8 Å². The lowest BCUT2D eigenvalue weighted by atomic mass is 9.85. The van der Waals surface area contributed by atoms with Gasteiger partial charge in [-0.15, -0.1) is 0 Å². The van der Waals surface area contributed by atoms with E-state index in [4.69, 9.17) is 0 Å². The Balaban J connectivity index is 1.92. The second-order valence-corrected chi connectivity index (χ2v) is 5.57. The van der Waals surface area contributed by atoms with Crippen molar-refractivity contribution in [1.82, 2.24) is 5.32 Å². The molecule has 0 spiro atoms. The standard InChI is InChI=1S/C17H19FN2O/c1-17(2,13-7-4-3-5-8-13)12-19-16(21)20-15-10-6-9-14(18)11-15/h3-11H,12H2,1-2H3,(H2,19,20,21). The Bertz CT molecular complexity index is 611. The van der Waals surface area contributed by atoms with E-state index >= 15 is 0 Å². The van der Waals surface area contributed by atoms with E-state index in [9.17, 15) is 9.18 Å². The summed E-state index contributed by atoms with van der Waals surface area (Å²) in [5, 5.41) is 5.43. The van der Waals surface area contributed by atoms with E-state index in [1.54, 1.807) is 12.1 Å². The maximum absolute atomic E-state index is 13.0. The predicted molar refractivity (Wildman–Crippen MR) is 82.9 cm³/mol. The molecule has 21 heavy (non-hydrogen) atoms. The minimum atomic E-state index is -0.377. The maximum Gasteiger partial charge on any atom is 0.319 e. The lowest BCUT2D eigenvalue weighted by Crippen LogP contribution is -2.38. The van der Waals surface area contributed by atoms with Crippen LogP contribution >= 0.6 is 0 Å². The van der Waals surface area contributed by atoms with Crippen molar-refractivity contribution >= 4 is 11.7 Å². The molecular weight excluding hydrogens is 267 g/mol. The number of carbonyl (C=O) groups is 1. The number of nitrogens with one attached hydrogen (secondary N) is 2. The minimum Gasteiger partial charge on any atom is -0.337 e. The van der Waals surface area contributed by atoms with Crippen LogP contribution in [-0.4, -0.2) is 12.6 Å². The SMILES string of the molecule is CC(C)(CNC(=O)Nc1cccc(F)c1)c1ccccc1. The monoisotopic (exact) mass is 286 g/mol. The molecule has 0 aliphatic carbocycles. The maximum atomic E-state index is 13.0. The molecular formula is C17H19FN2O. The van der Waals surface area contributed by atoms with Gasteiger partial charge in [-0.3, -0.25) is 0 Å². The van der Waals surface area contributed by atoms with Crippen LogP contribution in [0.2, 0.25) is 0 Å². The van der Waals surface area contributed by atoms with Gasteiger partial charge in [-0.1, -0.05) is 50.2 Å². The van der Waals surface area contributed by atoms with E-state index in [1.807, 2.05) is 30.3 Å². The third kappa shape index (κ3) is 4.31. The molecule has 2 amide bonds. The van der Waals surface area contributed by atoms with Crippen LogP contribution in [0.4, 0.5) is 14.9 Å². The molecule has 0 heterocycles. The van der Waals surface area contributed by atoms with Gasteiger partial charge in [0.25, 0.3) is 0 Å². The van der Waals surface area contributed by atoms with E-state index < -0.39 is 0 Å². The van der Waals surface area contributed by atoms with Crippen molar-refractivity contribution in [3.05, 3.63) is 66.0 Å². The molecule has 0 aliphatic rings. The first kappa shape index (κ1) is 15.0. The summed E-state index contributed by atoms with van der Waals surface area (Å²) >= 11 is 0. The van der Waals surface area contributed by atoms with Crippen LogP contribution in [0.5, 0.6) is 0 Å². The number of urea groups is 1. The lowest BCUT2D eigenvalue weighted by molar-refractivity contribution is 0.249. The Morgan fingerprint density at radius 3 is 2.48 bits per heavy atom. The van der Waals surface area contributed by atoms with Gasteiger partial charge in [-0.25, -0.2) is 9.18 Å². The minimum absolute atomic E-state index is 0.180. The molecule has 0 aliphatic heterocycles. The first-order valence-corrected chi connectivity index (χ1v) is 6.83. The summed E-state index contributed by atoms with van der Waals surface area (Å²) in [7, 11) is 0. The Morgan fingerprint density at radius 1 is 1.10 bits per heavy atom. The van der Waals surface area contributed by atoms with Crippen LogP contribution in [0.1, 0.15) is 19.4 Å². The summed E-state index contributed by atoms with van der Waals surface area (Å²) in [6.07, 6.45) is 0. The molecule has 0 bridgehead atoms. The highest BCUT2D eigenvalue weighted by molar-refractivity contribution is 5.89. The molecule has 2 aromatic carbocycles. The molecule has 110 valence electrons. The van der Waals surface area contributed by atoms with E-state index in [-0.39, 0.29) is 17.3 Å². The molecule has 2 aromatic rings. The molecule has 0 radical (unpaired) electrons. The summed E-state index contributed by atoms with van der Waals surface area (Å²) in [6, 6.07) is 15.5. The van der Waals surface area contributed by atoms with Crippen LogP contribution in [-0.2, 0) is 5.41 Å². The van der Waals surface area contributed by atoms with Crippen LogP contribution in [0.15, 0.2) is 54.6 Å². The van der Waals surface area contributed by atoms with Crippen LogP contribution in [0.3, 0.4) is 0 Å². The second-order valence-electron chi connectivity index (χ2n) is 5.57. The molecule has 0 aromatic heterocycles. The Morgan fingerprint density at radius 2 is 1.81 bits per heavy atom. The number of carbonyl (C=O) groups excluding carboxylic acids is 1. The van der Waals surface area contributed by atoms with Crippen molar-refractivity contribution in [2.75, 3.05) is 11.9 Å². The topological polar surface area (TPSA) is 41.1 Å². The smallest absolute Gasteiger partial charge is 0.319 e. The fourth-order valence-electron chi connectivity index (χ4n) is 2.03. The Kier molecular flexibility index (Phi) is 4.58. The van der Waals surface area contributed by atoms with Crippen LogP contribution in [0.25, 0.3) is 0 Å². The van der Waals surface area contributed by atoms with Crippen molar-refractivity contribution in [2.24, 2.45) is 0 Å². The molecule has 4 heteroatoms. The number of hydrogen-bond acceptors (Lipinski definition) is 1. The first-order valence-electron chi connectivity index (χ1n) is 6.83. The van der Waals surface area contributed by atoms with Gasteiger partial charge in [-0.2, -0.15) is 0 Å². The molecule has 2 N–H and O–H groups in total. The predicted octanol–water partition coefficient (Wildman–Crippen LogP) is 3.93. The molecule has 0 fully saturated rings. The number of hydrogen-bond donors (Lipinski definition) is 2. The Labute approximate surface area is 124 Å². The summed E-state index contributed by atoms with van der Waals surface area (Å²) in [5.74, 6) is -0.377. The van der Waals surface area contributed by atoms with E-state index in [1.165, 1.54) is 12.1 Å². The van der Waals surface area contributed by atoms with Crippen molar-refractivity contribution < 1.29 is 9.18 Å². The molecule has 0 unspecified atom stereocenters. The van der Waals surface area contributed by atoms with E-state index in [0.29, 0.717) is 12.2 Å². The number of benzene rings is 2. The van der Waals surface area contributed by atoms with Gasteiger partial charge in [0.2, 0.25) is 0 Å². The van der Waals surface area contributed by atoms with Gasteiger partial charge >= 0.3 is 6.03 Å². The quantitative estimate of drug-likeness (QED) is 0.878. The van der Waals surface area contributed by atoms with Gasteiger partial charge in [0, 0.05) is 17.6 Å². The van der Waals surface area contributed by atoms with E-state index in [0.717, 1.165) is 5.56 Å². The second kappa shape index (κ2) is 6.39. The van der Waals surface area contributed by atoms with Crippen molar-refractivity contribution in [1.29, 1.82) is 0 Å². The third-order valence-corrected chi connectivity index (χ3v) is 3.33. The fourth-order valence-corrected chi connectivity index (χ4v) is 2.03. The summed E-state index contributed by atoms with van der Waals surface area (Å²) in [5.41, 5.74) is 1.40. The average molecular weight is 286 g/mol. The summed E-state index contributed by atoms with van der Waals surface area (Å²) < 4.78 is 13.0. The first-order chi connectivity index (χ1) is 9.97. The summed E-state index contributed by atoms with van der Waals surface area (Å²) in [4.78, 5) is 11.9. The molecule has 0 saturated carbocycles. The van der Waals surface area contributed by atoms with Crippen LogP contribution in [0, 0.1) is 5.82 Å². The van der Waals surface area contributed by atoms with Gasteiger partial charge in [0.1, 0.15) is 5.82 Å². The van der Waals surface area contributed by atoms with Crippen molar-refractivity contribution in [2.45, 2.75) is 19.3 Å². The van der Waals surface area contributed by atoms with Crippen LogP contribution < -0.4 is 10.6 Å². The molecule has 3 nitrogen and oxygen atoms in total. The fraction of sp³-hybridized carbons (Fsp3) is 0.235. The van der Waals surface area contributed by atoms with Crippen molar-refractivity contribution in [3.8, 4) is 0 Å². The highest BCUT2D eigenvalue weighted by Gasteiger charge is 2.20. The van der Waals surface area contributed by atoms with E-state index in [2.05, 4.69) is 24.5 Å². The zero-order valence-electron chi connectivity index (χ0n) is 12.2. The number of halogens is 1. The normalized spacial score (nSPS) is 11.0. The number of rotatable bonds is 4. The molecule has 2 rings (SSSR count). The summed E-state index contributed by atoms with van der Waals surface area (Å²) in [6.45, 7) is 4.60. The van der Waals surface area contributed by atoms with Gasteiger partial charge < -0.3 is 10.6 Å². The molecule has 0 atom stereocenters. The number of anilines is 1. The zero-order valence-corrected chi connectivity index (χ0v) is 12.2.